The minimum absolute atomic E-state index is 0.196. The normalized spacial score (nSPS) is 10.4. The van der Waals surface area contributed by atoms with Gasteiger partial charge < -0.3 is 11.1 Å². The van der Waals surface area contributed by atoms with Crippen LogP contribution in [0.1, 0.15) is 10.4 Å². The van der Waals surface area contributed by atoms with Crippen LogP contribution in [0.3, 0.4) is 0 Å². The molecule has 0 bridgehead atoms. The summed E-state index contributed by atoms with van der Waals surface area (Å²) >= 11 is 11.5. The van der Waals surface area contributed by atoms with Crippen LogP contribution < -0.4 is 11.1 Å². The number of hydrogen-bond donors (Lipinski definition) is 2. The lowest BCUT2D eigenvalue weighted by molar-refractivity contribution is 0.102. The SMILES string of the molecule is Nc1cc(Br)ccc1NC(=O)c1cc(Br)sc1Br. The molecule has 2 aromatic rings. The van der Waals surface area contributed by atoms with Gasteiger partial charge in [0.25, 0.3) is 5.91 Å². The van der Waals surface area contributed by atoms with Crippen LogP contribution >= 0.6 is 59.1 Å². The molecule has 0 radical (unpaired) electrons. The molecule has 0 atom stereocenters. The van der Waals surface area contributed by atoms with Crippen LogP contribution in [0.15, 0.2) is 36.3 Å². The van der Waals surface area contributed by atoms with Crippen molar-refractivity contribution in [3.8, 4) is 0 Å². The van der Waals surface area contributed by atoms with Gasteiger partial charge in [-0.15, -0.1) is 11.3 Å². The summed E-state index contributed by atoms with van der Waals surface area (Å²) < 4.78 is 2.54. The summed E-state index contributed by atoms with van der Waals surface area (Å²) in [5, 5.41) is 2.78. The third-order valence-corrected chi connectivity index (χ3v) is 5.00. The van der Waals surface area contributed by atoms with Gasteiger partial charge in [-0.2, -0.15) is 0 Å². The molecule has 3 nitrogen and oxygen atoms in total. The maximum Gasteiger partial charge on any atom is 0.257 e. The van der Waals surface area contributed by atoms with E-state index in [-0.39, 0.29) is 5.91 Å². The van der Waals surface area contributed by atoms with E-state index < -0.39 is 0 Å². The smallest absolute Gasteiger partial charge is 0.257 e. The predicted molar refractivity (Wildman–Crippen MR) is 86.2 cm³/mol. The average Bonchev–Trinajstić information content (AvgIpc) is 2.62. The van der Waals surface area contributed by atoms with Crippen LogP contribution in [0, 0.1) is 0 Å². The molecular weight excluding hydrogens is 448 g/mol. The Bertz CT molecular complexity index is 612. The highest BCUT2D eigenvalue weighted by Gasteiger charge is 2.14. The van der Waals surface area contributed by atoms with Crippen molar-refractivity contribution < 1.29 is 4.79 Å². The Morgan fingerprint density at radius 1 is 1.22 bits per heavy atom. The summed E-state index contributed by atoms with van der Waals surface area (Å²) in [4.78, 5) is 12.1. The van der Waals surface area contributed by atoms with E-state index in [1.807, 2.05) is 6.07 Å². The second-order valence-corrected chi connectivity index (χ2v) is 8.09. The highest BCUT2D eigenvalue weighted by molar-refractivity contribution is 9.12. The van der Waals surface area contributed by atoms with Crippen molar-refractivity contribution in [2.45, 2.75) is 0 Å². The Morgan fingerprint density at radius 3 is 2.50 bits per heavy atom. The Balaban J connectivity index is 2.24. The number of halogens is 3. The molecule has 3 N–H and O–H groups in total. The number of rotatable bonds is 2. The largest absolute Gasteiger partial charge is 0.397 e. The quantitative estimate of drug-likeness (QED) is 0.636. The molecule has 0 unspecified atom stereocenters. The first-order valence-corrected chi connectivity index (χ1v) is 7.98. The first-order valence-electron chi connectivity index (χ1n) is 4.78. The van der Waals surface area contributed by atoms with Crippen LogP contribution in [0.4, 0.5) is 11.4 Å². The third kappa shape index (κ3) is 3.14. The molecule has 0 saturated carbocycles. The van der Waals surface area contributed by atoms with Gasteiger partial charge in [0.1, 0.15) is 0 Å². The summed E-state index contributed by atoms with van der Waals surface area (Å²) in [6.45, 7) is 0. The molecule has 1 heterocycles. The van der Waals surface area contributed by atoms with Crippen LogP contribution in [0.25, 0.3) is 0 Å². The van der Waals surface area contributed by atoms with Gasteiger partial charge in [0.15, 0.2) is 0 Å². The maximum atomic E-state index is 12.1. The number of nitrogens with one attached hydrogen (secondary N) is 1. The molecule has 18 heavy (non-hydrogen) atoms. The molecule has 7 heteroatoms. The van der Waals surface area contributed by atoms with Gasteiger partial charge in [-0.05, 0) is 56.1 Å². The van der Waals surface area contributed by atoms with Gasteiger partial charge in [-0.1, -0.05) is 15.9 Å². The number of carbonyl (C=O) groups is 1. The molecule has 0 aliphatic carbocycles. The molecule has 1 aromatic heterocycles. The molecular formula is C11H7Br3N2OS. The molecule has 1 amide bonds. The summed E-state index contributed by atoms with van der Waals surface area (Å²) in [6.07, 6.45) is 0. The molecule has 0 aliphatic rings. The van der Waals surface area contributed by atoms with Gasteiger partial charge >= 0.3 is 0 Å². The lowest BCUT2D eigenvalue weighted by Crippen LogP contribution is -2.12. The topological polar surface area (TPSA) is 55.1 Å². The second kappa shape index (κ2) is 5.73. The summed E-state index contributed by atoms with van der Waals surface area (Å²) in [6, 6.07) is 7.09. The number of hydrogen-bond acceptors (Lipinski definition) is 3. The number of amides is 1. The number of nitrogens with two attached hydrogens (primary N) is 1. The molecule has 0 saturated heterocycles. The maximum absolute atomic E-state index is 12.1. The minimum Gasteiger partial charge on any atom is -0.397 e. The molecule has 94 valence electrons. The molecule has 0 spiro atoms. The average molecular weight is 455 g/mol. The van der Waals surface area contributed by atoms with Crippen LogP contribution in [0.2, 0.25) is 0 Å². The Kier molecular flexibility index (Phi) is 4.47. The van der Waals surface area contributed by atoms with E-state index in [4.69, 9.17) is 5.73 Å². The van der Waals surface area contributed by atoms with Crippen molar-refractivity contribution in [2.75, 3.05) is 11.1 Å². The Morgan fingerprint density at radius 2 is 1.94 bits per heavy atom. The first kappa shape index (κ1) is 14.0. The number of anilines is 2. The number of thiophene rings is 1. The fourth-order valence-corrected chi connectivity index (χ4v) is 4.50. The van der Waals surface area contributed by atoms with E-state index >= 15 is 0 Å². The zero-order valence-electron chi connectivity index (χ0n) is 8.84. The number of benzene rings is 1. The monoisotopic (exact) mass is 452 g/mol. The fraction of sp³-hybridized carbons (Fsp3) is 0. The van der Waals surface area contributed by atoms with Crippen LogP contribution in [0.5, 0.6) is 0 Å². The van der Waals surface area contributed by atoms with Crippen molar-refractivity contribution in [2.24, 2.45) is 0 Å². The van der Waals surface area contributed by atoms with Crippen molar-refractivity contribution >= 4 is 76.4 Å². The van der Waals surface area contributed by atoms with Crippen molar-refractivity contribution in [3.05, 3.63) is 41.9 Å². The van der Waals surface area contributed by atoms with E-state index in [2.05, 4.69) is 53.1 Å². The third-order valence-electron chi connectivity index (χ3n) is 2.16. The molecule has 0 fully saturated rings. The van der Waals surface area contributed by atoms with E-state index in [0.717, 1.165) is 12.0 Å². The molecule has 1 aromatic carbocycles. The standard InChI is InChI=1S/C11H7Br3N2OS/c12-5-1-2-8(7(15)3-5)16-11(17)6-4-9(13)18-10(6)14/h1-4H,15H2,(H,16,17). The predicted octanol–water partition coefficient (Wildman–Crippen LogP) is 4.87. The van der Waals surface area contributed by atoms with E-state index in [1.54, 1.807) is 18.2 Å². The van der Waals surface area contributed by atoms with Crippen molar-refractivity contribution in [1.82, 2.24) is 0 Å². The van der Waals surface area contributed by atoms with Gasteiger partial charge in [0.05, 0.1) is 24.5 Å². The van der Waals surface area contributed by atoms with E-state index in [1.165, 1.54) is 11.3 Å². The van der Waals surface area contributed by atoms with Crippen LogP contribution in [-0.4, -0.2) is 5.91 Å². The van der Waals surface area contributed by atoms with E-state index in [0.29, 0.717) is 16.9 Å². The van der Waals surface area contributed by atoms with Crippen molar-refractivity contribution in [1.29, 1.82) is 0 Å². The highest BCUT2D eigenvalue weighted by Crippen LogP contribution is 2.32. The first-order chi connectivity index (χ1) is 8.47. The van der Waals surface area contributed by atoms with Crippen molar-refractivity contribution in [3.63, 3.8) is 0 Å². The van der Waals surface area contributed by atoms with Crippen LogP contribution in [-0.2, 0) is 0 Å². The van der Waals surface area contributed by atoms with Gasteiger partial charge in [0.2, 0.25) is 0 Å². The minimum atomic E-state index is -0.196. The number of nitrogen functional groups attached to an aromatic ring is 1. The van der Waals surface area contributed by atoms with Gasteiger partial charge in [0, 0.05) is 4.47 Å². The Hall–Kier alpha value is -0.370. The fourth-order valence-electron chi connectivity index (χ4n) is 1.33. The Labute approximate surface area is 133 Å². The number of carbonyl (C=O) groups excluding carboxylic acids is 1. The zero-order chi connectivity index (χ0) is 13.3. The summed E-state index contributed by atoms with van der Waals surface area (Å²) in [5.41, 5.74) is 7.52. The summed E-state index contributed by atoms with van der Waals surface area (Å²) in [7, 11) is 0. The lowest BCUT2D eigenvalue weighted by Gasteiger charge is -2.07. The second-order valence-electron chi connectivity index (χ2n) is 3.42. The molecule has 0 aliphatic heterocycles. The van der Waals surface area contributed by atoms with E-state index in [9.17, 15) is 4.79 Å². The lowest BCUT2D eigenvalue weighted by atomic mass is 10.2. The highest BCUT2D eigenvalue weighted by atomic mass is 79.9. The molecule has 2 rings (SSSR count). The van der Waals surface area contributed by atoms with Gasteiger partial charge in [-0.25, -0.2) is 0 Å². The zero-order valence-corrected chi connectivity index (χ0v) is 14.4. The summed E-state index contributed by atoms with van der Waals surface area (Å²) in [5.74, 6) is -0.196. The van der Waals surface area contributed by atoms with Gasteiger partial charge in [-0.3, -0.25) is 4.79 Å².